The molecule has 274 valence electrons. The van der Waals surface area contributed by atoms with Crippen molar-refractivity contribution in [3.05, 3.63) is 62.4 Å². The van der Waals surface area contributed by atoms with Crippen molar-refractivity contribution in [1.82, 2.24) is 14.9 Å². The first-order valence-electron chi connectivity index (χ1n) is 16.2. The molecule has 17 heteroatoms. The third-order valence-corrected chi connectivity index (χ3v) is 8.19. The van der Waals surface area contributed by atoms with Gasteiger partial charge in [-0.25, -0.2) is 19.2 Å². The molecule has 1 aromatic carbocycles. The van der Waals surface area contributed by atoms with Gasteiger partial charge < -0.3 is 33.7 Å². The van der Waals surface area contributed by atoms with E-state index in [4.69, 9.17) is 34.8 Å². The number of hydrogen-bond acceptors (Lipinski definition) is 13. The molecule has 2 N–H and O–H groups in total. The first-order valence-corrected chi connectivity index (χ1v) is 16.2. The summed E-state index contributed by atoms with van der Waals surface area (Å²) in [5.41, 5.74) is -5.39. The summed E-state index contributed by atoms with van der Waals surface area (Å²) in [6.45, 7) is 6.49. The first-order chi connectivity index (χ1) is 24.2. The lowest BCUT2D eigenvalue weighted by atomic mass is 9.91. The average molecular weight is 713 g/mol. The maximum Gasteiger partial charge on any atom is 0.350 e. The second-order valence-electron chi connectivity index (χ2n) is 11.7. The second-order valence-corrected chi connectivity index (χ2v) is 11.7. The minimum Gasteiger partial charge on any atom is -0.463 e. The summed E-state index contributed by atoms with van der Waals surface area (Å²) in [5, 5.41) is 2.77. The lowest BCUT2D eigenvalue weighted by Gasteiger charge is -2.35. The van der Waals surface area contributed by atoms with Crippen LogP contribution in [0, 0.1) is 19.3 Å². The fourth-order valence-corrected chi connectivity index (χ4v) is 5.84. The molecule has 0 radical (unpaired) electrons. The van der Waals surface area contributed by atoms with Crippen molar-refractivity contribution in [2.45, 2.75) is 77.1 Å². The number of aryl methyl sites for hydroxylation is 1. The van der Waals surface area contributed by atoms with Crippen molar-refractivity contribution in [3.63, 3.8) is 0 Å². The predicted molar refractivity (Wildman–Crippen MR) is 176 cm³/mol. The maximum atomic E-state index is 13.7. The van der Waals surface area contributed by atoms with Crippen molar-refractivity contribution in [2.24, 2.45) is 0 Å². The number of H-pyrrole nitrogens is 1. The van der Waals surface area contributed by atoms with E-state index in [1.54, 1.807) is 29.2 Å². The van der Waals surface area contributed by atoms with Crippen molar-refractivity contribution >= 4 is 35.6 Å². The highest BCUT2D eigenvalue weighted by molar-refractivity contribution is 6.04. The summed E-state index contributed by atoms with van der Waals surface area (Å²) >= 11 is 0. The highest BCUT2D eigenvalue weighted by Crippen LogP contribution is 2.42. The molecule has 4 atom stereocenters. The quantitative estimate of drug-likeness (QED) is 0.127. The van der Waals surface area contributed by atoms with Crippen LogP contribution in [0.4, 0.5) is 10.5 Å². The van der Waals surface area contributed by atoms with E-state index in [9.17, 15) is 33.6 Å². The molecular weight excluding hydrogens is 672 g/mol. The Balaban J connectivity index is 1.79. The number of ether oxygens (including phenoxy) is 6. The molecule has 3 heterocycles. The summed E-state index contributed by atoms with van der Waals surface area (Å²) < 4.78 is 34.9. The van der Waals surface area contributed by atoms with Gasteiger partial charge in [0.2, 0.25) is 11.7 Å². The highest BCUT2D eigenvalue weighted by atomic mass is 16.7. The molecule has 0 unspecified atom stereocenters. The third-order valence-electron chi connectivity index (χ3n) is 8.19. The Labute approximate surface area is 292 Å². The van der Waals surface area contributed by atoms with Gasteiger partial charge >= 0.3 is 35.6 Å². The Morgan fingerprint density at radius 1 is 1.04 bits per heavy atom. The van der Waals surface area contributed by atoms with Gasteiger partial charge in [-0.3, -0.25) is 28.8 Å². The summed E-state index contributed by atoms with van der Waals surface area (Å²) in [6, 6.07) is 6.22. The van der Waals surface area contributed by atoms with Crippen LogP contribution in [0.3, 0.4) is 0 Å². The van der Waals surface area contributed by atoms with Crippen molar-refractivity contribution in [1.29, 1.82) is 0 Å². The number of esters is 4. The fourth-order valence-electron chi connectivity index (χ4n) is 5.84. The number of hydrogen-bond donors (Lipinski definition) is 2. The van der Waals surface area contributed by atoms with Gasteiger partial charge in [0.15, 0.2) is 6.23 Å². The van der Waals surface area contributed by atoms with Gasteiger partial charge in [0.05, 0.1) is 19.8 Å². The lowest BCUT2D eigenvalue weighted by Crippen LogP contribution is -2.57. The number of nitrogens with one attached hydrogen (secondary N) is 2. The molecule has 0 aliphatic carbocycles. The average Bonchev–Trinajstić information content (AvgIpc) is 3.36. The zero-order chi connectivity index (χ0) is 37.5. The van der Waals surface area contributed by atoms with E-state index >= 15 is 0 Å². The van der Waals surface area contributed by atoms with E-state index in [1.807, 2.05) is 0 Å². The monoisotopic (exact) mass is 712 g/mol. The number of carbonyl (C=O) groups is 5. The van der Waals surface area contributed by atoms with Crippen molar-refractivity contribution < 1.29 is 52.4 Å². The Hall–Kier alpha value is -5.47. The number of terminal acetylenes is 1. The molecule has 17 nitrogen and oxygen atoms in total. The van der Waals surface area contributed by atoms with Crippen LogP contribution in [0.15, 0.2) is 40.1 Å². The molecule has 2 aromatic rings. The largest absolute Gasteiger partial charge is 0.463 e. The molecule has 1 aromatic heterocycles. The highest BCUT2D eigenvalue weighted by Gasteiger charge is 2.63. The molecule has 0 saturated carbocycles. The van der Waals surface area contributed by atoms with E-state index in [2.05, 4.69) is 16.2 Å². The SMILES string of the molecule is C#C[C@@]1(OC(C)=O)[C@@H](COC(Cc2ccc(N3CCCNC3=O)cc2)(C(=O)OCC)C(=O)OCC)O[C@@H](n2cc(C)c(=O)[nH]c2=O)[C@@H]1OC(C)=O. The second kappa shape index (κ2) is 16.0. The summed E-state index contributed by atoms with van der Waals surface area (Å²) in [6.07, 6.45) is 2.50. The maximum absolute atomic E-state index is 13.7. The molecule has 51 heavy (non-hydrogen) atoms. The zero-order valence-corrected chi connectivity index (χ0v) is 28.8. The van der Waals surface area contributed by atoms with Crippen LogP contribution in [0.2, 0.25) is 0 Å². The summed E-state index contributed by atoms with van der Waals surface area (Å²) in [5.74, 6) is -1.77. The van der Waals surface area contributed by atoms with Crippen LogP contribution in [0.25, 0.3) is 0 Å². The number of rotatable bonds is 13. The molecule has 0 spiro atoms. The molecular formula is C34H40N4O13. The molecule has 4 rings (SSSR count). The van der Waals surface area contributed by atoms with Crippen molar-refractivity contribution in [3.8, 4) is 12.3 Å². The number of urea groups is 1. The molecule has 2 saturated heterocycles. The number of aromatic nitrogens is 2. The van der Waals surface area contributed by atoms with Gasteiger partial charge in [-0.15, -0.1) is 6.42 Å². The first kappa shape index (κ1) is 38.3. The number of aromatic amines is 1. The Kier molecular flexibility index (Phi) is 12.1. The standard InChI is InChI=1S/C34H40N4O13/c1-7-33(51-22(6)40)25(50-28(26(33)49-21(5)39)38-18-20(4)27(41)36-32(38)45)19-48-34(29(42)46-8-2,30(43)47-9-3)17-23-11-13-24(14-12-23)37-16-10-15-35-31(37)44/h1,11-14,18,25-26,28H,8-10,15-17,19H2,2-6H3,(H,35,44)(H,36,41,45)/t25-,26+,28-,33-/m1/s1. The van der Waals surface area contributed by atoms with Crippen LogP contribution in [0.1, 0.15) is 51.5 Å². The van der Waals surface area contributed by atoms with Crippen LogP contribution < -0.4 is 21.5 Å². The molecule has 2 aliphatic heterocycles. The van der Waals surface area contributed by atoms with E-state index in [1.165, 1.54) is 20.8 Å². The van der Waals surface area contributed by atoms with Crippen LogP contribution >= 0.6 is 0 Å². The van der Waals surface area contributed by atoms with Crippen LogP contribution in [0.5, 0.6) is 0 Å². The van der Waals surface area contributed by atoms with Gasteiger partial charge in [-0.2, -0.15) is 0 Å². The minimum atomic E-state index is -2.49. The van der Waals surface area contributed by atoms with Gasteiger partial charge in [-0.1, -0.05) is 18.1 Å². The summed E-state index contributed by atoms with van der Waals surface area (Å²) in [7, 11) is 0. The number of anilines is 1. The molecule has 2 aliphatic rings. The third kappa shape index (κ3) is 7.97. The van der Waals surface area contributed by atoms with E-state index < -0.39 is 77.8 Å². The normalized spacial score (nSPS) is 21.6. The Morgan fingerprint density at radius 3 is 2.24 bits per heavy atom. The zero-order valence-electron chi connectivity index (χ0n) is 28.8. The van der Waals surface area contributed by atoms with Crippen LogP contribution in [-0.4, -0.2) is 95.8 Å². The number of nitrogens with zero attached hydrogens (tertiary/aromatic N) is 2. The number of benzene rings is 1. The van der Waals surface area contributed by atoms with Gasteiger partial charge in [0, 0.05) is 50.8 Å². The number of carbonyl (C=O) groups excluding carboxylic acids is 5. The topological polar surface area (TPSA) is 211 Å². The Morgan fingerprint density at radius 2 is 1.69 bits per heavy atom. The van der Waals surface area contributed by atoms with E-state index in [0.717, 1.165) is 31.0 Å². The molecule has 2 amide bonds. The van der Waals surface area contributed by atoms with Gasteiger partial charge in [-0.05, 0) is 44.9 Å². The van der Waals surface area contributed by atoms with Gasteiger partial charge in [0.1, 0.15) is 6.10 Å². The fraction of sp³-hybridized carbons (Fsp3) is 0.500. The van der Waals surface area contributed by atoms with E-state index in [0.29, 0.717) is 24.3 Å². The minimum absolute atomic E-state index is 0.0776. The predicted octanol–water partition coefficient (Wildman–Crippen LogP) is 0.653. The number of amides is 2. The Bertz CT molecular complexity index is 1790. The summed E-state index contributed by atoms with van der Waals surface area (Å²) in [4.78, 5) is 93.5. The van der Waals surface area contributed by atoms with Gasteiger partial charge in [0.25, 0.3) is 11.2 Å². The lowest BCUT2D eigenvalue weighted by molar-refractivity contribution is -0.200. The molecule has 2 fully saturated rings. The van der Waals surface area contributed by atoms with Crippen LogP contribution in [-0.2, 0) is 54.0 Å². The molecule has 0 bridgehead atoms. The smallest absolute Gasteiger partial charge is 0.350 e. The van der Waals surface area contributed by atoms with E-state index in [-0.39, 0.29) is 24.8 Å². The van der Waals surface area contributed by atoms with Crippen molar-refractivity contribution in [2.75, 3.05) is 37.8 Å².